The molecule has 0 aliphatic carbocycles. The van der Waals surface area contributed by atoms with Crippen molar-refractivity contribution in [1.82, 2.24) is 24.6 Å². The van der Waals surface area contributed by atoms with Crippen LogP contribution in [0.25, 0.3) is 27.9 Å². The van der Waals surface area contributed by atoms with Crippen LogP contribution in [-0.2, 0) is 0 Å². The lowest BCUT2D eigenvalue weighted by Crippen LogP contribution is -2.04. The molecule has 0 spiro atoms. The molecule has 0 atom stereocenters. The lowest BCUT2D eigenvalue weighted by Gasteiger charge is -2.12. The predicted molar refractivity (Wildman–Crippen MR) is 111 cm³/mol. The van der Waals surface area contributed by atoms with E-state index < -0.39 is 0 Å². The lowest BCUT2D eigenvalue weighted by molar-refractivity contribution is 0.908. The van der Waals surface area contributed by atoms with Crippen molar-refractivity contribution in [3.63, 3.8) is 0 Å². The molecule has 0 aliphatic heterocycles. The first-order valence-electron chi connectivity index (χ1n) is 8.78. The number of hydrogen-bond donors (Lipinski definition) is 1. The van der Waals surface area contributed by atoms with Gasteiger partial charge in [-0.15, -0.1) is 5.10 Å². The first-order chi connectivity index (χ1) is 13.7. The van der Waals surface area contributed by atoms with Crippen LogP contribution in [0.15, 0.2) is 67.0 Å². The highest BCUT2D eigenvalue weighted by Crippen LogP contribution is 2.29. The summed E-state index contributed by atoms with van der Waals surface area (Å²) in [6.07, 6.45) is 3.65. The molecule has 6 nitrogen and oxygen atoms in total. The third-order valence-electron chi connectivity index (χ3n) is 4.47. The van der Waals surface area contributed by atoms with Gasteiger partial charge in [-0.05, 0) is 55.5 Å². The van der Waals surface area contributed by atoms with Crippen molar-refractivity contribution in [2.75, 3.05) is 5.32 Å². The molecule has 5 aromatic rings. The zero-order chi connectivity index (χ0) is 19.1. The largest absolute Gasteiger partial charge is 0.338 e. The minimum atomic E-state index is 0.547. The number of aryl methyl sites for hydroxylation is 1. The number of pyridine rings is 2. The van der Waals surface area contributed by atoms with Crippen LogP contribution in [0.5, 0.6) is 0 Å². The van der Waals surface area contributed by atoms with Crippen molar-refractivity contribution in [2.24, 2.45) is 0 Å². The molecule has 28 heavy (non-hydrogen) atoms. The third-order valence-corrected chi connectivity index (χ3v) is 4.70. The second kappa shape index (κ2) is 6.58. The van der Waals surface area contributed by atoms with Crippen LogP contribution in [-0.4, -0.2) is 24.6 Å². The number of aromatic nitrogens is 5. The second-order valence-corrected chi connectivity index (χ2v) is 6.87. The molecule has 5 rings (SSSR count). The van der Waals surface area contributed by atoms with Gasteiger partial charge in [0.05, 0.1) is 11.2 Å². The van der Waals surface area contributed by atoms with Gasteiger partial charge in [0.1, 0.15) is 11.2 Å². The van der Waals surface area contributed by atoms with Crippen LogP contribution in [0, 0.1) is 6.92 Å². The van der Waals surface area contributed by atoms with E-state index in [2.05, 4.69) is 20.4 Å². The van der Waals surface area contributed by atoms with E-state index >= 15 is 0 Å². The van der Waals surface area contributed by atoms with E-state index in [0.717, 1.165) is 33.5 Å². The fourth-order valence-corrected chi connectivity index (χ4v) is 3.33. The van der Waals surface area contributed by atoms with Crippen molar-refractivity contribution in [2.45, 2.75) is 6.92 Å². The maximum absolute atomic E-state index is 6.20. The van der Waals surface area contributed by atoms with Gasteiger partial charge >= 0.3 is 0 Å². The Hall–Kier alpha value is -3.51. The summed E-state index contributed by atoms with van der Waals surface area (Å²) in [5, 5.41) is 9.61. The molecule has 1 N–H and O–H groups in total. The average molecular weight is 387 g/mol. The van der Waals surface area contributed by atoms with E-state index in [1.807, 2.05) is 67.7 Å². The van der Waals surface area contributed by atoms with Gasteiger partial charge in [-0.3, -0.25) is 4.98 Å². The second-order valence-electron chi connectivity index (χ2n) is 6.43. The molecule has 4 aromatic heterocycles. The third kappa shape index (κ3) is 2.93. The van der Waals surface area contributed by atoms with Crippen molar-refractivity contribution >= 4 is 39.5 Å². The first kappa shape index (κ1) is 16.6. The summed E-state index contributed by atoms with van der Waals surface area (Å²) >= 11 is 6.20. The van der Waals surface area contributed by atoms with Gasteiger partial charge in [-0.1, -0.05) is 17.7 Å². The number of benzene rings is 1. The van der Waals surface area contributed by atoms with Crippen molar-refractivity contribution in [1.29, 1.82) is 0 Å². The number of anilines is 2. The lowest BCUT2D eigenvalue weighted by atomic mass is 10.2. The van der Waals surface area contributed by atoms with Crippen LogP contribution in [0.2, 0.25) is 5.02 Å². The van der Waals surface area contributed by atoms with Crippen LogP contribution >= 0.6 is 11.6 Å². The minimum Gasteiger partial charge on any atom is -0.338 e. The minimum absolute atomic E-state index is 0.547. The number of hydrogen-bond acceptors (Lipinski definition) is 5. The molecular weight excluding hydrogens is 372 g/mol. The molecule has 0 amide bonds. The normalized spacial score (nSPS) is 11.2. The van der Waals surface area contributed by atoms with E-state index in [4.69, 9.17) is 16.6 Å². The molecule has 136 valence electrons. The maximum atomic E-state index is 6.20. The SMILES string of the molecule is Cc1cccc(-c2nc(Nc3ccnc4ccc(Cl)cc34)c3cccn3n2)n1. The quantitative estimate of drug-likeness (QED) is 0.470. The van der Waals surface area contributed by atoms with Gasteiger partial charge < -0.3 is 5.32 Å². The van der Waals surface area contributed by atoms with Gasteiger partial charge in [0.15, 0.2) is 5.82 Å². The predicted octanol–water partition coefficient (Wildman–Crippen LogP) is 5.04. The topological polar surface area (TPSA) is 68.0 Å². The zero-order valence-corrected chi connectivity index (χ0v) is 15.7. The van der Waals surface area contributed by atoms with E-state index in [-0.39, 0.29) is 0 Å². The standard InChI is InChI=1S/C21H15ClN6/c1-13-4-2-5-18(24-13)20-26-21(19-6-3-11-28(19)27-20)25-17-9-10-23-16-8-7-14(22)12-15(16)17/h2-12H,1H3,(H,23,25,26,27). The van der Waals surface area contributed by atoms with Crippen LogP contribution in [0.1, 0.15) is 5.69 Å². The number of rotatable bonds is 3. The van der Waals surface area contributed by atoms with Gasteiger partial charge in [-0.2, -0.15) is 0 Å². The molecule has 0 saturated carbocycles. The summed E-state index contributed by atoms with van der Waals surface area (Å²) in [4.78, 5) is 13.7. The van der Waals surface area contributed by atoms with Gasteiger partial charge in [0.2, 0.25) is 5.82 Å². The fourth-order valence-electron chi connectivity index (χ4n) is 3.16. The highest BCUT2D eigenvalue weighted by molar-refractivity contribution is 6.31. The van der Waals surface area contributed by atoms with Crippen LogP contribution in [0.3, 0.4) is 0 Å². The van der Waals surface area contributed by atoms with Crippen molar-refractivity contribution < 1.29 is 0 Å². The molecule has 0 saturated heterocycles. The Morgan fingerprint density at radius 2 is 1.93 bits per heavy atom. The fraction of sp³-hybridized carbons (Fsp3) is 0.0476. The highest BCUT2D eigenvalue weighted by atomic mass is 35.5. The smallest absolute Gasteiger partial charge is 0.200 e. The molecule has 4 heterocycles. The Balaban J connectivity index is 1.67. The zero-order valence-electron chi connectivity index (χ0n) is 15.0. The van der Waals surface area contributed by atoms with E-state index in [1.165, 1.54) is 0 Å². The summed E-state index contributed by atoms with van der Waals surface area (Å²) in [5.41, 5.74) is 4.23. The van der Waals surface area contributed by atoms with E-state index in [1.54, 1.807) is 10.7 Å². The number of nitrogens with zero attached hydrogens (tertiary/aromatic N) is 5. The Kier molecular flexibility index (Phi) is 3.91. The summed E-state index contributed by atoms with van der Waals surface area (Å²) in [5.74, 6) is 1.23. The van der Waals surface area contributed by atoms with Gasteiger partial charge in [0.25, 0.3) is 0 Å². The van der Waals surface area contributed by atoms with Gasteiger partial charge in [-0.25, -0.2) is 14.5 Å². The molecule has 0 bridgehead atoms. The Labute approximate surface area is 165 Å². The average Bonchev–Trinajstić information content (AvgIpc) is 3.17. The highest BCUT2D eigenvalue weighted by Gasteiger charge is 2.12. The molecule has 1 aromatic carbocycles. The van der Waals surface area contributed by atoms with Crippen LogP contribution in [0.4, 0.5) is 11.5 Å². The Bertz CT molecular complexity index is 1330. The van der Waals surface area contributed by atoms with E-state index in [9.17, 15) is 0 Å². The summed E-state index contributed by atoms with van der Waals surface area (Å²) in [6.45, 7) is 1.95. The van der Waals surface area contributed by atoms with E-state index in [0.29, 0.717) is 16.7 Å². The molecule has 0 radical (unpaired) electrons. The van der Waals surface area contributed by atoms with Crippen molar-refractivity contribution in [3.05, 3.63) is 77.7 Å². The summed E-state index contributed by atoms with van der Waals surface area (Å²) in [6, 6.07) is 17.2. The Morgan fingerprint density at radius 3 is 2.82 bits per heavy atom. The summed E-state index contributed by atoms with van der Waals surface area (Å²) in [7, 11) is 0. The number of nitrogens with one attached hydrogen (secondary N) is 1. The molecule has 0 fully saturated rings. The number of halogens is 1. The molecular formula is C21H15ClN6. The maximum Gasteiger partial charge on any atom is 0.200 e. The van der Waals surface area contributed by atoms with Gasteiger partial charge in [0, 0.05) is 28.5 Å². The monoisotopic (exact) mass is 386 g/mol. The molecule has 7 heteroatoms. The van der Waals surface area contributed by atoms with Crippen LogP contribution < -0.4 is 5.32 Å². The van der Waals surface area contributed by atoms with Crippen molar-refractivity contribution in [3.8, 4) is 11.5 Å². The number of fused-ring (bicyclic) bond motifs is 2. The summed E-state index contributed by atoms with van der Waals surface area (Å²) < 4.78 is 1.80. The molecule has 0 unspecified atom stereocenters. The first-order valence-corrected chi connectivity index (χ1v) is 9.16. The molecule has 0 aliphatic rings. The Morgan fingerprint density at radius 1 is 1.00 bits per heavy atom.